The van der Waals surface area contributed by atoms with Gasteiger partial charge in [0.05, 0.1) is 12.8 Å². The zero-order chi connectivity index (χ0) is 11.7. The van der Waals surface area contributed by atoms with E-state index in [0.717, 1.165) is 13.2 Å². The van der Waals surface area contributed by atoms with Crippen LogP contribution in [-0.2, 0) is 18.2 Å². The molecule has 2 aliphatic rings. The van der Waals surface area contributed by atoms with Crippen molar-refractivity contribution in [3.05, 3.63) is 17.5 Å². The Morgan fingerprint density at radius 1 is 1.41 bits per heavy atom. The van der Waals surface area contributed by atoms with Crippen LogP contribution in [0.15, 0.2) is 6.20 Å². The first-order valence-corrected chi connectivity index (χ1v) is 6.69. The van der Waals surface area contributed by atoms with Crippen molar-refractivity contribution >= 4 is 0 Å². The first kappa shape index (κ1) is 11.2. The van der Waals surface area contributed by atoms with Crippen LogP contribution in [0.25, 0.3) is 0 Å². The second kappa shape index (κ2) is 4.78. The van der Waals surface area contributed by atoms with Gasteiger partial charge in [-0.05, 0) is 32.1 Å². The highest BCUT2D eigenvalue weighted by Gasteiger charge is 2.26. The average molecular weight is 235 g/mol. The molecule has 1 aliphatic heterocycles. The Balaban J connectivity index is 1.71. The van der Waals surface area contributed by atoms with E-state index in [1.165, 1.54) is 43.4 Å². The second-order valence-electron chi connectivity index (χ2n) is 5.20. The minimum atomic E-state index is 0.485. The molecule has 1 fully saturated rings. The van der Waals surface area contributed by atoms with Crippen LogP contribution < -0.4 is 5.32 Å². The normalized spacial score (nSPS) is 29.0. The number of nitrogens with zero attached hydrogens (tertiary/aromatic N) is 2. The molecule has 4 heteroatoms. The Labute approximate surface area is 102 Å². The van der Waals surface area contributed by atoms with Crippen LogP contribution in [0.3, 0.4) is 0 Å². The first-order valence-electron chi connectivity index (χ1n) is 6.69. The molecule has 3 rings (SSSR count). The molecule has 0 aromatic carbocycles. The van der Waals surface area contributed by atoms with Crippen molar-refractivity contribution in [1.29, 1.82) is 0 Å². The highest BCUT2D eigenvalue weighted by Crippen LogP contribution is 2.30. The standard InChI is InChI=1S/C13H21N3O/c1-16-13-6-2-5-12(11(13)8-14-16)15-10-4-3-7-17-9-10/h8,10,12,15H,2-7,9H2,1H3. The predicted octanol–water partition coefficient (Wildman–Crippen LogP) is 1.57. The van der Waals surface area contributed by atoms with Gasteiger partial charge in [0.1, 0.15) is 0 Å². The van der Waals surface area contributed by atoms with Gasteiger partial charge in [-0.25, -0.2) is 0 Å². The molecular formula is C13H21N3O. The van der Waals surface area contributed by atoms with Crippen molar-refractivity contribution in [1.82, 2.24) is 15.1 Å². The molecule has 0 spiro atoms. The van der Waals surface area contributed by atoms with Crippen LogP contribution >= 0.6 is 0 Å². The number of rotatable bonds is 2. The van der Waals surface area contributed by atoms with Gasteiger partial charge in [0, 0.05) is 37.0 Å². The van der Waals surface area contributed by atoms with E-state index in [9.17, 15) is 0 Å². The van der Waals surface area contributed by atoms with E-state index in [0.29, 0.717) is 12.1 Å². The zero-order valence-corrected chi connectivity index (χ0v) is 10.5. The number of ether oxygens (including phenoxy) is 1. The van der Waals surface area contributed by atoms with Gasteiger partial charge in [-0.1, -0.05) is 0 Å². The molecular weight excluding hydrogens is 214 g/mol. The molecule has 0 amide bonds. The van der Waals surface area contributed by atoms with E-state index < -0.39 is 0 Å². The maximum Gasteiger partial charge on any atom is 0.0619 e. The molecule has 2 heterocycles. The van der Waals surface area contributed by atoms with Crippen molar-refractivity contribution in [3.63, 3.8) is 0 Å². The van der Waals surface area contributed by atoms with Gasteiger partial charge in [-0.3, -0.25) is 4.68 Å². The van der Waals surface area contributed by atoms with Crippen LogP contribution in [0.4, 0.5) is 0 Å². The van der Waals surface area contributed by atoms with Crippen LogP contribution in [0.2, 0.25) is 0 Å². The van der Waals surface area contributed by atoms with E-state index in [4.69, 9.17) is 4.74 Å². The van der Waals surface area contributed by atoms with E-state index in [1.54, 1.807) is 0 Å². The van der Waals surface area contributed by atoms with Crippen molar-refractivity contribution in [2.45, 2.75) is 44.2 Å². The summed E-state index contributed by atoms with van der Waals surface area (Å²) in [5.41, 5.74) is 2.81. The smallest absolute Gasteiger partial charge is 0.0619 e. The molecule has 1 aromatic heterocycles. The predicted molar refractivity (Wildman–Crippen MR) is 65.9 cm³/mol. The Bertz CT molecular complexity index is 382. The number of fused-ring (bicyclic) bond motifs is 1. The molecule has 1 N–H and O–H groups in total. The number of aromatic nitrogens is 2. The summed E-state index contributed by atoms with van der Waals surface area (Å²) in [7, 11) is 2.05. The van der Waals surface area contributed by atoms with E-state index in [-0.39, 0.29) is 0 Å². The van der Waals surface area contributed by atoms with Crippen molar-refractivity contribution in [2.24, 2.45) is 7.05 Å². The van der Waals surface area contributed by atoms with Crippen molar-refractivity contribution < 1.29 is 4.74 Å². The first-order chi connectivity index (χ1) is 8.34. The van der Waals surface area contributed by atoms with Crippen LogP contribution in [0, 0.1) is 0 Å². The highest BCUT2D eigenvalue weighted by atomic mass is 16.5. The van der Waals surface area contributed by atoms with Gasteiger partial charge < -0.3 is 10.1 Å². The summed E-state index contributed by atoms with van der Waals surface area (Å²) in [6.07, 6.45) is 8.13. The lowest BCUT2D eigenvalue weighted by Crippen LogP contribution is -2.40. The van der Waals surface area contributed by atoms with Crippen molar-refractivity contribution in [2.75, 3.05) is 13.2 Å². The Morgan fingerprint density at radius 2 is 2.35 bits per heavy atom. The molecule has 1 saturated heterocycles. The van der Waals surface area contributed by atoms with Crippen LogP contribution in [0.1, 0.15) is 43.0 Å². The Hall–Kier alpha value is -0.870. The van der Waals surface area contributed by atoms with E-state index >= 15 is 0 Å². The van der Waals surface area contributed by atoms with Crippen LogP contribution in [0.5, 0.6) is 0 Å². The van der Waals surface area contributed by atoms with E-state index in [2.05, 4.69) is 10.4 Å². The Morgan fingerprint density at radius 3 is 3.18 bits per heavy atom. The average Bonchev–Trinajstić information content (AvgIpc) is 2.74. The van der Waals surface area contributed by atoms with Gasteiger partial charge in [0.25, 0.3) is 0 Å². The number of hydrogen-bond donors (Lipinski definition) is 1. The topological polar surface area (TPSA) is 39.1 Å². The molecule has 1 aliphatic carbocycles. The molecule has 17 heavy (non-hydrogen) atoms. The van der Waals surface area contributed by atoms with Crippen LogP contribution in [-0.4, -0.2) is 29.0 Å². The summed E-state index contributed by atoms with van der Waals surface area (Å²) in [5.74, 6) is 0. The quantitative estimate of drug-likeness (QED) is 0.845. The molecule has 2 unspecified atom stereocenters. The molecule has 0 bridgehead atoms. The molecule has 0 radical (unpaired) electrons. The van der Waals surface area contributed by atoms with Gasteiger partial charge in [0.2, 0.25) is 0 Å². The molecule has 4 nitrogen and oxygen atoms in total. The number of aryl methyl sites for hydroxylation is 1. The lowest BCUT2D eigenvalue weighted by atomic mass is 9.92. The summed E-state index contributed by atoms with van der Waals surface area (Å²) < 4.78 is 7.56. The number of nitrogens with one attached hydrogen (secondary N) is 1. The van der Waals surface area contributed by atoms with Crippen molar-refractivity contribution in [3.8, 4) is 0 Å². The molecule has 0 saturated carbocycles. The van der Waals surface area contributed by atoms with Gasteiger partial charge in [0.15, 0.2) is 0 Å². The SMILES string of the molecule is Cn1ncc2c1CCCC2NC1CCCOC1. The molecule has 94 valence electrons. The summed E-state index contributed by atoms with van der Waals surface area (Å²) in [4.78, 5) is 0. The molecule has 2 atom stereocenters. The summed E-state index contributed by atoms with van der Waals surface area (Å²) in [5, 5.41) is 8.14. The van der Waals surface area contributed by atoms with E-state index in [1.807, 2.05) is 17.9 Å². The third-order valence-electron chi connectivity index (χ3n) is 3.97. The summed E-state index contributed by atoms with van der Waals surface area (Å²) >= 11 is 0. The zero-order valence-electron chi connectivity index (χ0n) is 10.5. The summed E-state index contributed by atoms with van der Waals surface area (Å²) in [6.45, 7) is 1.80. The fourth-order valence-corrected chi connectivity index (χ4v) is 3.04. The van der Waals surface area contributed by atoms with Gasteiger partial charge >= 0.3 is 0 Å². The maximum atomic E-state index is 5.53. The number of hydrogen-bond acceptors (Lipinski definition) is 3. The second-order valence-corrected chi connectivity index (χ2v) is 5.20. The largest absolute Gasteiger partial charge is 0.380 e. The minimum Gasteiger partial charge on any atom is -0.380 e. The fraction of sp³-hybridized carbons (Fsp3) is 0.769. The third-order valence-corrected chi connectivity index (χ3v) is 3.97. The summed E-state index contributed by atoms with van der Waals surface area (Å²) in [6, 6.07) is 1.01. The Kier molecular flexibility index (Phi) is 3.16. The highest BCUT2D eigenvalue weighted by molar-refractivity contribution is 5.24. The maximum absolute atomic E-state index is 5.53. The monoisotopic (exact) mass is 235 g/mol. The molecule has 1 aromatic rings. The minimum absolute atomic E-state index is 0.485. The fourth-order valence-electron chi connectivity index (χ4n) is 3.04. The van der Waals surface area contributed by atoms with Gasteiger partial charge in [-0.15, -0.1) is 0 Å². The lowest BCUT2D eigenvalue weighted by molar-refractivity contribution is 0.0654. The van der Waals surface area contributed by atoms with Gasteiger partial charge in [-0.2, -0.15) is 5.10 Å². The third kappa shape index (κ3) is 2.24. The lowest BCUT2D eigenvalue weighted by Gasteiger charge is -2.30.